The van der Waals surface area contributed by atoms with Crippen molar-refractivity contribution >= 4 is 21.7 Å². The smallest absolute Gasteiger partial charge is 0.159 e. The molecule has 0 amide bonds. The first-order valence-electron chi connectivity index (χ1n) is 6.94. The number of hydrogen-bond acceptors (Lipinski definition) is 3. The van der Waals surface area contributed by atoms with E-state index in [4.69, 9.17) is 0 Å². The van der Waals surface area contributed by atoms with E-state index in [0.717, 1.165) is 28.7 Å². The Morgan fingerprint density at radius 2 is 2.10 bits per heavy atom. The summed E-state index contributed by atoms with van der Waals surface area (Å²) in [7, 11) is 1.87. The highest BCUT2D eigenvalue weighted by atomic mass is 79.9. The Kier molecular flexibility index (Phi) is 3.81. The van der Waals surface area contributed by atoms with Gasteiger partial charge in [-0.2, -0.15) is 10.4 Å². The van der Waals surface area contributed by atoms with Gasteiger partial charge in [-0.15, -0.1) is 0 Å². The minimum atomic E-state index is -0.898. The van der Waals surface area contributed by atoms with Crippen LogP contribution in [0.5, 0.6) is 0 Å². The van der Waals surface area contributed by atoms with Gasteiger partial charge in [0.15, 0.2) is 5.78 Å². The van der Waals surface area contributed by atoms with Gasteiger partial charge in [0, 0.05) is 18.9 Å². The van der Waals surface area contributed by atoms with Crippen molar-refractivity contribution in [2.75, 3.05) is 0 Å². The molecule has 1 aromatic heterocycles. The average Bonchev–Trinajstić information content (AvgIpc) is 2.81. The van der Waals surface area contributed by atoms with E-state index in [1.807, 2.05) is 27.8 Å². The Morgan fingerprint density at radius 1 is 1.45 bits per heavy atom. The van der Waals surface area contributed by atoms with E-state index < -0.39 is 10.8 Å². The molecule has 1 aliphatic carbocycles. The van der Waals surface area contributed by atoms with Gasteiger partial charge in [0.2, 0.25) is 0 Å². The summed E-state index contributed by atoms with van der Waals surface area (Å²) in [5.41, 5.74) is 0.619. The van der Waals surface area contributed by atoms with Gasteiger partial charge in [0.25, 0.3) is 0 Å². The summed E-state index contributed by atoms with van der Waals surface area (Å²) in [4.78, 5) is 12.6. The van der Waals surface area contributed by atoms with Gasteiger partial charge >= 0.3 is 0 Å². The number of hydrogen-bond donors (Lipinski definition) is 0. The normalized spacial score (nSPS) is 24.9. The standard InChI is InChI=1S/C15H20BrN3O/c1-5-10-12(16)11(19(4)18-10)8-15(9-17)7-6-14(2,3)13(15)20/h5-8H2,1-4H3. The second kappa shape index (κ2) is 5.00. The molecule has 1 aliphatic rings. The van der Waals surface area contributed by atoms with E-state index in [0.29, 0.717) is 12.8 Å². The number of carbonyl (C=O) groups is 1. The van der Waals surface area contributed by atoms with Crippen LogP contribution in [0.2, 0.25) is 0 Å². The Labute approximate surface area is 128 Å². The number of rotatable bonds is 3. The number of aryl methyl sites for hydroxylation is 2. The molecule has 0 aliphatic heterocycles. The fourth-order valence-electron chi connectivity index (χ4n) is 3.01. The second-order valence-corrected chi connectivity index (χ2v) is 7.06. The molecule has 2 rings (SSSR count). The van der Waals surface area contributed by atoms with Gasteiger partial charge in [-0.3, -0.25) is 9.48 Å². The van der Waals surface area contributed by atoms with Crippen molar-refractivity contribution in [2.24, 2.45) is 17.9 Å². The lowest BCUT2D eigenvalue weighted by Crippen LogP contribution is -2.33. The molecule has 4 nitrogen and oxygen atoms in total. The van der Waals surface area contributed by atoms with Crippen LogP contribution in [0.3, 0.4) is 0 Å². The number of ketones is 1. The third-order valence-electron chi connectivity index (χ3n) is 4.41. The zero-order valence-electron chi connectivity index (χ0n) is 12.5. The van der Waals surface area contributed by atoms with Crippen molar-refractivity contribution in [3.05, 3.63) is 15.9 Å². The molecule has 0 radical (unpaired) electrons. The van der Waals surface area contributed by atoms with Crippen molar-refractivity contribution in [1.82, 2.24) is 9.78 Å². The predicted molar refractivity (Wildman–Crippen MR) is 80.1 cm³/mol. The molecule has 1 heterocycles. The Hall–Kier alpha value is -1.15. The zero-order valence-corrected chi connectivity index (χ0v) is 14.0. The molecule has 1 unspecified atom stereocenters. The van der Waals surface area contributed by atoms with Crippen LogP contribution in [0, 0.1) is 22.2 Å². The molecule has 0 N–H and O–H groups in total. The predicted octanol–water partition coefficient (Wildman–Crippen LogP) is 3.19. The number of Topliss-reactive ketones (excluding diaryl/α,β-unsaturated/α-hetero) is 1. The summed E-state index contributed by atoms with van der Waals surface area (Å²) < 4.78 is 2.73. The van der Waals surface area contributed by atoms with Crippen LogP contribution in [0.4, 0.5) is 0 Å². The minimum absolute atomic E-state index is 0.0682. The SMILES string of the molecule is CCc1nn(C)c(CC2(C#N)CCC(C)(C)C2=O)c1Br. The quantitative estimate of drug-likeness (QED) is 0.850. The van der Waals surface area contributed by atoms with E-state index in [1.54, 1.807) is 4.68 Å². The van der Waals surface area contributed by atoms with E-state index in [9.17, 15) is 10.1 Å². The summed E-state index contributed by atoms with van der Waals surface area (Å²) in [5.74, 6) is 0.0682. The Bertz CT molecular complexity index is 597. The lowest BCUT2D eigenvalue weighted by atomic mass is 9.78. The lowest BCUT2D eigenvalue weighted by molar-refractivity contribution is -0.130. The third-order valence-corrected chi connectivity index (χ3v) is 5.33. The highest BCUT2D eigenvalue weighted by molar-refractivity contribution is 9.10. The van der Waals surface area contributed by atoms with Crippen molar-refractivity contribution in [3.8, 4) is 6.07 Å². The largest absolute Gasteiger partial charge is 0.297 e. The molecule has 0 aromatic carbocycles. The zero-order chi connectivity index (χ0) is 15.1. The minimum Gasteiger partial charge on any atom is -0.297 e. The number of nitrogens with zero attached hydrogens (tertiary/aromatic N) is 3. The summed E-state index contributed by atoms with van der Waals surface area (Å²) in [5, 5.41) is 14.1. The van der Waals surface area contributed by atoms with Crippen molar-refractivity contribution in [2.45, 2.75) is 46.5 Å². The van der Waals surface area contributed by atoms with E-state index in [1.165, 1.54) is 0 Å². The maximum Gasteiger partial charge on any atom is 0.159 e. The maximum absolute atomic E-state index is 12.6. The summed E-state index contributed by atoms with van der Waals surface area (Å²) in [6.07, 6.45) is 2.67. The molecule has 1 atom stereocenters. The fraction of sp³-hybridized carbons (Fsp3) is 0.667. The molecular weight excluding hydrogens is 318 g/mol. The molecular formula is C15H20BrN3O. The van der Waals surface area contributed by atoms with Gasteiger partial charge in [0.1, 0.15) is 5.41 Å². The van der Waals surface area contributed by atoms with Crippen LogP contribution in [-0.4, -0.2) is 15.6 Å². The van der Waals surface area contributed by atoms with Crippen LogP contribution in [0.1, 0.15) is 45.0 Å². The van der Waals surface area contributed by atoms with Crippen LogP contribution in [-0.2, 0) is 24.7 Å². The van der Waals surface area contributed by atoms with Gasteiger partial charge in [-0.1, -0.05) is 20.8 Å². The molecule has 0 saturated heterocycles. The van der Waals surface area contributed by atoms with Gasteiger partial charge < -0.3 is 0 Å². The van der Waals surface area contributed by atoms with Gasteiger partial charge in [-0.25, -0.2) is 0 Å². The first-order chi connectivity index (χ1) is 9.27. The van der Waals surface area contributed by atoms with Gasteiger partial charge in [-0.05, 0) is 35.2 Å². The fourth-order valence-corrected chi connectivity index (χ4v) is 3.77. The van der Waals surface area contributed by atoms with Crippen LogP contribution in [0.15, 0.2) is 4.47 Å². The maximum atomic E-state index is 12.6. The van der Waals surface area contributed by atoms with E-state index in [2.05, 4.69) is 27.1 Å². The van der Waals surface area contributed by atoms with Gasteiger partial charge in [0.05, 0.1) is 21.9 Å². The number of nitriles is 1. The van der Waals surface area contributed by atoms with E-state index >= 15 is 0 Å². The highest BCUT2D eigenvalue weighted by Gasteiger charge is 2.52. The molecule has 20 heavy (non-hydrogen) atoms. The first-order valence-corrected chi connectivity index (χ1v) is 7.73. The average molecular weight is 338 g/mol. The second-order valence-electron chi connectivity index (χ2n) is 6.27. The molecule has 1 fully saturated rings. The topological polar surface area (TPSA) is 58.7 Å². The number of halogens is 1. The molecule has 0 spiro atoms. The highest BCUT2D eigenvalue weighted by Crippen LogP contribution is 2.47. The molecule has 1 saturated carbocycles. The molecule has 5 heteroatoms. The van der Waals surface area contributed by atoms with Crippen LogP contribution in [0.25, 0.3) is 0 Å². The summed E-state index contributed by atoms with van der Waals surface area (Å²) >= 11 is 3.57. The Morgan fingerprint density at radius 3 is 2.50 bits per heavy atom. The molecule has 0 bridgehead atoms. The van der Waals surface area contributed by atoms with Crippen LogP contribution >= 0.6 is 15.9 Å². The van der Waals surface area contributed by atoms with Crippen molar-refractivity contribution in [1.29, 1.82) is 5.26 Å². The number of carbonyl (C=O) groups excluding carboxylic acids is 1. The van der Waals surface area contributed by atoms with E-state index in [-0.39, 0.29) is 5.78 Å². The molecule has 1 aromatic rings. The summed E-state index contributed by atoms with van der Waals surface area (Å²) in [6, 6.07) is 2.30. The Balaban J connectivity index is 2.41. The van der Waals surface area contributed by atoms with Crippen LogP contribution < -0.4 is 0 Å². The first kappa shape index (κ1) is 15.2. The lowest BCUT2D eigenvalue weighted by Gasteiger charge is -2.22. The van der Waals surface area contributed by atoms with Crippen molar-refractivity contribution in [3.63, 3.8) is 0 Å². The molecule has 108 valence electrons. The number of aromatic nitrogens is 2. The monoisotopic (exact) mass is 337 g/mol. The van der Waals surface area contributed by atoms with Crippen molar-refractivity contribution < 1.29 is 4.79 Å². The third kappa shape index (κ3) is 2.20. The summed E-state index contributed by atoms with van der Waals surface area (Å²) in [6.45, 7) is 5.91.